The zero-order valence-electron chi connectivity index (χ0n) is 10.9. The van der Waals surface area contributed by atoms with Gasteiger partial charge in [-0.3, -0.25) is 0 Å². The van der Waals surface area contributed by atoms with Crippen LogP contribution >= 0.6 is 27.3 Å². The van der Waals surface area contributed by atoms with Crippen molar-refractivity contribution < 1.29 is 17.9 Å². The van der Waals surface area contributed by atoms with E-state index in [0.29, 0.717) is 17.3 Å². The molecule has 19 heavy (non-hydrogen) atoms. The number of methoxy groups -OCH3 is 2. The molecule has 1 saturated heterocycles. The first-order valence-corrected chi connectivity index (χ1v) is 8.76. The third-order valence-electron chi connectivity index (χ3n) is 3.22. The minimum absolute atomic E-state index is 0.218. The van der Waals surface area contributed by atoms with Gasteiger partial charge in [0.15, 0.2) is 0 Å². The number of hydrogen-bond donors (Lipinski definition) is 0. The van der Waals surface area contributed by atoms with Gasteiger partial charge in [-0.2, -0.15) is 4.31 Å². The highest BCUT2D eigenvalue weighted by Crippen LogP contribution is 2.33. The van der Waals surface area contributed by atoms with Crippen molar-refractivity contribution in [3.8, 4) is 0 Å². The molecule has 0 N–H and O–H groups in total. The minimum atomic E-state index is -3.46. The van der Waals surface area contributed by atoms with E-state index in [1.54, 1.807) is 20.3 Å². The molecular formula is C11H16BrNO4S2. The van der Waals surface area contributed by atoms with Gasteiger partial charge in [0.2, 0.25) is 0 Å². The quantitative estimate of drug-likeness (QED) is 0.812. The van der Waals surface area contributed by atoms with Gasteiger partial charge >= 0.3 is 0 Å². The number of thiophene rings is 1. The molecule has 0 aromatic carbocycles. The van der Waals surface area contributed by atoms with Gasteiger partial charge in [-0.25, -0.2) is 8.42 Å². The van der Waals surface area contributed by atoms with E-state index in [1.807, 2.05) is 6.92 Å². The highest BCUT2D eigenvalue weighted by Gasteiger charge is 2.40. The molecule has 1 aliphatic rings. The fourth-order valence-electron chi connectivity index (χ4n) is 2.05. The Morgan fingerprint density at radius 1 is 1.32 bits per heavy atom. The van der Waals surface area contributed by atoms with Gasteiger partial charge in [-0.05, 0) is 34.5 Å². The Morgan fingerprint density at radius 2 is 1.84 bits per heavy atom. The summed E-state index contributed by atoms with van der Waals surface area (Å²) in [4.78, 5) is 0. The summed E-state index contributed by atoms with van der Waals surface area (Å²) >= 11 is 4.59. The largest absolute Gasteiger partial charge is 0.377 e. The van der Waals surface area contributed by atoms with Crippen LogP contribution in [0.4, 0.5) is 0 Å². The number of ether oxygens (including phenoxy) is 2. The third-order valence-corrected chi connectivity index (χ3v) is 7.63. The summed E-state index contributed by atoms with van der Waals surface area (Å²) in [6.07, 6.45) is -0.437. The Hall–Kier alpha value is 0.01000. The first-order valence-electron chi connectivity index (χ1n) is 5.71. The molecule has 2 unspecified atom stereocenters. The lowest BCUT2D eigenvalue weighted by Crippen LogP contribution is -2.29. The summed E-state index contributed by atoms with van der Waals surface area (Å²) in [5, 5.41) is 0. The Kier molecular flexibility index (Phi) is 4.69. The second-order valence-corrected chi connectivity index (χ2v) is 8.93. The molecule has 8 heteroatoms. The molecular weight excluding hydrogens is 354 g/mol. The minimum Gasteiger partial charge on any atom is -0.377 e. The SMILES string of the molecule is COC1CN(S(=O)(=O)c2cc(C)c(Br)s2)CC1OC. The van der Waals surface area contributed by atoms with Gasteiger partial charge in [0.25, 0.3) is 10.0 Å². The molecule has 108 valence electrons. The second-order valence-electron chi connectivity index (χ2n) is 4.39. The fourth-order valence-corrected chi connectivity index (χ4v) is 5.89. The maximum atomic E-state index is 12.5. The fraction of sp³-hybridized carbons (Fsp3) is 0.636. The van der Waals surface area contributed by atoms with Crippen LogP contribution in [0.15, 0.2) is 14.1 Å². The maximum Gasteiger partial charge on any atom is 0.252 e. The number of hydrogen-bond acceptors (Lipinski definition) is 5. The molecule has 2 heterocycles. The standard InChI is InChI=1S/C11H16BrNO4S2/c1-7-4-10(18-11(7)12)19(14,15)13-5-8(16-2)9(6-13)17-3/h4,8-9H,5-6H2,1-3H3. The van der Waals surface area contributed by atoms with Crippen molar-refractivity contribution in [3.05, 3.63) is 15.4 Å². The van der Waals surface area contributed by atoms with Gasteiger partial charge in [0.1, 0.15) is 4.21 Å². The first-order chi connectivity index (χ1) is 8.90. The van der Waals surface area contributed by atoms with Crippen LogP contribution in [0.5, 0.6) is 0 Å². The molecule has 2 rings (SSSR count). The molecule has 0 amide bonds. The van der Waals surface area contributed by atoms with Gasteiger partial charge in [-0.1, -0.05) is 0 Å². The molecule has 2 atom stereocenters. The first kappa shape index (κ1) is 15.4. The number of nitrogens with zero attached hydrogens (tertiary/aromatic N) is 1. The van der Waals surface area contributed by atoms with E-state index in [1.165, 1.54) is 15.6 Å². The molecule has 5 nitrogen and oxygen atoms in total. The third kappa shape index (κ3) is 2.88. The molecule has 0 spiro atoms. The molecule has 0 aliphatic carbocycles. The number of rotatable bonds is 4. The predicted octanol–water partition coefficient (Wildman–Crippen LogP) is 1.85. The van der Waals surface area contributed by atoms with Crippen molar-refractivity contribution in [2.45, 2.75) is 23.3 Å². The van der Waals surface area contributed by atoms with Crippen molar-refractivity contribution in [2.75, 3.05) is 27.3 Å². The van der Waals surface area contributed by atoms with Crippen LogP contribution in [0.25, 0.3) is 0 Å². The Bertz CT molecular complexity index is 526. The summed E-state index contributed by atoms with van der Waals surface area (Å²) < 4.78 is 38.2. The van der Waals surface area contributed by atoms with E-state index in [9.17, 15) is 8.42 Å². The maximum absolute atomic E-state index is 12.5. The lowest BCUT2D eigenvalue weighted by atomic mass is 10.3. The van der Waals surface area contributed by atoms with Crippen LogP contribution in [0.2, 0.25) is 0 Å². The smallest absolute Gasteiger partial charge is 0.252 e. The van der Waals surface area contributed by atoms with Gasteiger partial charge in [-0.15, -0.1) is 11.3 Å². The summed E-state index contributed by atoms with van der Waals surface area (Å²) in [5.74, 6) is 0. The van der Waals surface area contributed by atoms with E-state index in [4.69, 9.17) is 9.47 Å². The molecule has 1 fully saturated rings. The van der Waals surface area contributed by atoms with E-state index in [-0.39, 0.29) is 12.2 Å². The zero-order chi connectivity index (χ0) is 14.2. The second kappa shape index (κ2) is 5.79. The van der Waals surface area contributed by atoms with Crippen molar-refractivity contribution in [1.82, 2.24) is 4.31 Å². The summed E-state index contributed by atoms with van der Waals surface area (Å²) in [7, 11) is -0.328. The van der Waals surface area contributed by atoms with Crippen LogP contribution in [-0.2, 0) is 19.5 Å². The predicted molar refractivity (Wildman–Crippen MR) is 77.1 cm³/mol. The topological polar surface area (TPSA) is 55.8 Å². The lowest BCUT2D eigenvalue weighted by Gasteiger charge is -2.14. The Morgan fingerprint density at radius 3 is 2.21 bits per heavy atom. The van der Waals surface area contributed by atoms with Crippen molar-refractivity contribution in [2.24, 2.45) is 0 Å². The van der Waals surface area contributed by atoms with Crippen molar-refractivity contribution in [1.29, 1.82) is 0 Å². The zero-order valence-corrected chi connectivity index (χ0v) is 14.1. The van der Waals surface area contributed by atoms with Gasteiger partial charge in [0.05, 0.1) is 16.0 Å². The Balaban J connectivity index is 2.26. The molecule has 0 bridgehead atoms. The summed E-state index contributed by atoms with van der Waals surface area (Å²) in [5.41, 5.74) is 0.925. The van der Waals surface area contributed by atoms with Gasteiger partial charge in [0, 0.05) is 27.3 Å². The molecule has 0 saturated carbocycles. The van der Waals surface area contributed by atoms with E-state index >= 15 is 0 Å². The molecule has 1 aromatic heterocycles. The molecule has 0 radical (unpaired) electrons. The van der Waals surface area contributed by atoms with Gasteiger partial charge < -0.3 is 9.47 Å². The van der Waals surface area contributed by atoms with Crippen LogP contribution in [0.1, 0.15) is 5.56 Å². The van der Waals surface area contributed by atoms with Crippen LogP contribution < -0.4 is 0 Å². The number of aryl methyl sites for hydroxylation is 1. The average molecular weight is 370 g/mol. The van der Waals surface area contributed by atoms with Crippen molar-refractivity contribution in [3.63, 3.8) is 0 Å². The molecule has 1 aromatic rings. The highest BCUT2D eigenvalue weighted by atomic mass is 79.9. The lowest BCUT2D eigenvalue weighted by molar-refractivity contribution is -0.00461. The monoisotopic (exact) mass is 369 g/mol. The number of sulfonamides is 1. The van der Waals surface area contributed by atoms with Crippen LogP contribution in [0, 0.1) is 6.92 Å². The number of halogens is 1. The highest BCUT2D eigenvalue weighted by molar-refractivity contribution is 9.11. The molecule has 1 aliphatic heterocycles. The van der Waals surface area contributed by atoms with Crippen molar-refractivity contribution >= 4 is 37.3 Å². The average Bonchev–Trinajstić information content (AvgIpc) is 2.94. The van der Waals surface area contributed by atoms with Crippen LogP contribution in [0.3, 0.4) is 0 Å². The Labute approximate surface area is 125 Å². The van der Waals surface area contributed by atoms with Crippen LogP contribution in [-0.4, -0.2) is 52.2 Å². The van der Waals surface area contributed by atoms with E-state index in [2.05, 4.69) is 15.9 Å². The van der Waals surface area contributed by atoms with E-state index in [0.717, 1.165) is 9.35 Å². The summed E-state index contributed by atoms with van der Waals surface area (Å²) in [6, 6.07) is 1.69. The van der Waals surface area contributed by atoms with E-state index < -0.39 is 10.0 Å². The summed E-state index contributed by atoms with van der Waals surface area (Å²) in [6.45, 7) is 2.53. The normalized spacial score (nSPS) is 25.1.